The summed E-state index contributed by atoms with van der Waals surface area (Å²) in [4.78, 5) is 38.2. The minimum atomic E-state index is -0.775. The van der Waals surface area contributed by atoms with Crippen LogP contribution in [0.25, 0.3) is 0 Å². The van der Waals surface area contributed by atoms with Crippen LogP contribution in [0, 0.1) is 0 Å². The Labute approximate surface area is 447 Å². The van der Waals surface area contributed by atoms with Crippen molar-refractivity contribution >= 4 is 17.9 Å². The normalized spacial score (nSPS) is 12.4. The Bertz CT molecular complexity index is 1290. The van der Waals surface area contributed by atoms with E-state index in [2.05, 4.69) is 81.5 Å². The highest BCUT2D eigenvalue weighted by Crippen LogP contribution is 2.17. The molecular weight excluding hydrogens is 889 g/mol. The third-order valence-electron chi connectivity index (χ3n) is 13.7. The minimum Gasteiger partial charge on any atom is -0.462 e. The molecule has 0 saturated heterocycles. The van der Waals surface area contributed by atoms with E-state index in [9.17, 15) is 14.4 Å². The van der Waals surface area contributed by atoms with E-state index in [4.69, 9.17) is 14.2 Å². The molecule has 0 fully saturated rings. The van der Waals surface area contributed by atoms with Gasteiger partial charge < -0.3 is 14.2 Å². The van der Waals surface area contributed by atoms with Crippen molar-refractivity contribution in [1.29, 1.82) is 0 Å². The van der Waals surface area contributed by atoms with Crippen LogP contribution in [0.15, 0.2) is 60.8 Å². The fourth-order valence-corrected chi connectivity index (χ4v) is 9.09. The van der Waals surface area contributed by atoms with Gasteiger partial charge in [0.1, 0.15) is 13.2 Å². The zero-order valence-corrected chi connectivity index (χ0v) is 47.9. The predicted molar refractivity (Wildman–Crippen MR) is 312 cm³/mol. The van der Waals surface area contributed by atoms with Crippen molar-refractivity contribution in [3.63, 3.8) is 0 Å². The fourth-order valence-electron chi connectivity index (χ4n) is 9.09. The lowest BCUT2D eigenvalue weighted by Crippen LogP contribution is -2.30. The minimum absolute atomic E-state index is 0.0744. The number of ether oxygens (including phenoxy) is 3. The maximum atomic E-state index is 12.9. The molecule has 6 heteroatoms. The largest absolute Gasteiger partial charge is 0.462 e. The van der Waals surface area contributed by atoms with Crippen molar-refractivity contribution in [2.75, 3.05) is 13.2 Å². The highest BCUT2D eigenvalue weighted by molar-refractivity contribution is 5.71. The van der Waals surface area contributed by atoms with Gasteiger partial charge in [0.25, 0.3) is 0 Å². The summed E-state index contributed by atoms with van der Waals surface area (Å²) in [6.07, 6.45) is 76.6. The van der Waals surface area contributed by atoms with Gasteiger partial charge >= 0.3 is 17.9 Å². The van der Waals surface area contributed by atoms with Crippen molar-refractivity contribution in [3.8, 4) is 0 Å². The second-order valence-corrected chi connectivity index (χ2v) is 20.9. The quantitative estimate of drug-likeness (QED) is 0.0261. The molecule has 0 spiro atoms. The van der Waals surface area contributed by atoms with E-state index in [1.807, 2.05) is 0 Å². The summed E-state index contributed by atoms with van der Waals surface area (Å²) >= 11 is 0. The van der Waals surface area contributed by atoms with Crippen LogP contribution in [0.5, 0.6) is 0 Å². The van der Waals surface area contributed by atoms with Gasteiger partial charge in [-0.2, -0.15) is 0 Å². The molecule has 0 aliphatic carbocycles. The van der Waals surface area contributed by atoms with Gasteiger partial charge in [-0.3, -0.25) is 14.4 Å². The average Bonchev–Trinajstić information content (AvgIpc) is 3.38. The van der Waals surface area contributed by atoms with Gasteiger partial charge in [-0.25, -0.2) is 0 Å². The maximum Gasteiger partial charge on any atom is 0.306 e. The Morgan fingerprint density at radius 2 is 0.569 bits per heavy atom. The highest BCUT2D eigenvalue weighted by Gasteiger charge is 2.19. The molecule has 0 aliphatic heterocycles. The van der Waals surface area contributed by atoms with Crippen molar-refractivity contribution in [1.82, 2.24) is 0 Å². The van der Waals surface area contributed by atoms with Crippen LogP contribution in [0.1, 0.15) is 323 Å². The van der Waals surface area contributed by atoms with Crippen molar-refractivity contribution in [2.45, 2.75) is 329 Å². The summed E-state index contributed by atoms with van der Waals surface area (Å²) in [5, 5.41) is 0. The smallest absolute Gasteiger partial charge is 0.306 e. The van der Waals surface area contributed by atoms with Gasteiger partial charge in [0.05, 0.1) is 0 Å². The highest BCUT2D eigenvalue weighted by atomic mass is 16.6. The van der Waals surface area contributed by atoms with E-state index in [-0.39, 0.29) is 31.1 Å². The molecule has 0 amide bonds. The maximum absolute atomic E-state index is 12.9. The SMILES string of the molecule is CC/C=C\C/C=C\C/C=C\C/C=C\CCCCCCCCCCCCCCC(=O)OCC(COC(=O)CCCCCCC/C=C\CCC)OC(=O)CCCCCCCCCCCCCCCCCCCCC. The third kappa shape index (κ3) is 58.0. The lowest BCUT2D eigenvalue weighted by Gasteiger charge is -2.18. The molecule has 1 unspecified atom stereocenters. The molecule has 0 aromatic carbocycles. The first-order valence-corrected chi connectivity index (χ1v) is 31.3. The van der Waals surface area contributed by atoms with Crippen LogP contribution in [0.2, 0.25) is 0 Å². The second kappa shape index (κ2) is 60.7. The number of allylic oxidation sites excluding steroid dienone is 10. The number of hydrogen-bond donors (Lipinski definition) is 0. The number of unbranched alkanes of at least 4 members (excludes halogenated alkanes) is 36. The van der Waals surface area contributed by atoms with Crippen LogP contribution in [-0.4, -0.2) is 37.2 Å². The van der Waals surface area contributed by atoms with Crippen LogP contribution >= 0.6 is 0 Å². The van der Waals surface area contributed by atoms with E-state index >= 15 is 0 Å². The van der Waals surface area contributed by atoms with Gasteiger partial charge in [0, 0.05) is 19.3 Å². The lowest BCUT2D eigenvalue weighted by molar-refractivity contribution is -0.167. The molecule has 0 aromatic heterocycles. The van der Waals surface area contributed by atoms with Crippen molar-refractivity contribution in [2.24, 2.45) is 0 Å². The first-order chi connectivity index (χ1) is 35.5. The zero-order valence-electron chi connectivity index (χ0n) is 47.9. The molecule has 0 heterocycles. The van der Waals surface area contributed by atoms with Gasteiger partial charge in [0.2, 0.25) is 0 Å². The number of esters is 3. The van der Waals surface area contributed by atoms with Gasteiger partial charge in [-0.15, -0.1) is 0 Å². The molecule has 1 atom stereocenters. The standard InChI is InChI=1S/C66H118O6/c1-4-7-10-13-16-19-22-24-26-28-30-31-32-33-34-35-37-38-40-42-44-47-50-53-56-59-65(68)71-62-63(61-70-64(67)58-55-52-49-46-21-18-15-12-9-6-3)72-66(69)60-57-54-51-48-45-43-41-39-36-29-27-25-23-20-17-14-11-8-5-2/h7,10,12,15-16,19,24,26,30-31,63H,4-6,8-9,11,13-14,17-18,20-23,25,27-29,32-62H2,1-3H3/b10-7-,15-12-,19-16-,26-24-,31-30-. The first-order valence-electron chi connectivity index (χ1n) is 31.3. The molecule has 6 nitrogen and oxygen atoms in total. The molecule has 0 N–H and O–H groups in total. The van der Waals surface area contributed by atoms with Gasteiger partial charge in [-0.1, -0.05) is 287 Å². The van der Waals surface area contributed by atoms with E-state index in [0.717, 1.165) is 96.3 Å². The lowest BCUT2D eigenvalue weighted by atomic mass is 10.0. The number of carbonyl (C=O) groups is 3. The summed E-state index contributed by atoms with van der Waals surface area (Å²) in [5.74, 6) is -0.870. The molecule has 0 radical (unpaired) electrons. The Balaban J connectivity index is 4.21. The topological polar surface area (TPSA) is 78.9 Å². The average molecular weight is 1010 g/mol. The van der Waals surface area contributed by atoms with Crippen LogP contribution in [0.4, 0.5) is 0 Å². The number of hydrogen-bond acceptors (Lipinski definition) is 6. The molecular formula is C66H118O6. The van der Waals surface area contributed by atoms with E-state index in [1.165, 1.54) is 186 Å². The second-order valence-electron chi connectivity index (χ2n) is 20.9. The molecule has 72 heavy (non-hydrogen) atoms. The summed E-state index contributed by atoms with van der Waals surface area (Å²) in [7, 11) is 0. The van der Waals surface area contributed by atoms with E-state index in [0.29, 0.717) is 19.3 Å². The number of rotatable bonds is 57. The number of carbonyl (C=O) groups excluding carboxylic acids is 3. The molecule has 418 valence electrons. The van der Waals surface area contributed by atoms with Crippen LogP contribution in [-0.2, 0) is 28.6 Å². The molecule has 0 bridgehead atoms. The van der Waals surface area contributed by atoms with E-state index < -0.39 is 6.10 Å². The zero-order chi connectivity index (χ0) is 52.2. The third-order valence-corrected chi connectivity index (χ3v) is 13.7. The van der Waals surface area contributed by atoms with Gasteiger partial charge in [0.15, 0.2) is 6.10 Å². The van der Waals surface area contributed by atoms with Gasteiger partial charge in [-0.05, 0) is 77.0 Å². The predicted octanol–water partition coefficient (Wildman–Crippen LogP) is 21.2. The first kappa shape index (κ1) is 69.1. The summed E-state index contributed by atoms with van der Waals surface area (Å²) < 4.78 is 16.9. The Morgan fingerprint density at radius 3 is 0.917 bits per heavy atom. The summed E-state index contributed by atoms with van der Waals surface area (Å²) in [6.45, 7) is 6.50. The van der Waals surface area contributed by atoms with E-state index in [1.54, 1.807) is 0 Å². The monoisotopic (exact) mass is 1010 g/mol. The fraction of sp³-hybridized carbons (Fsp3) is 0.803. The van der Waals surface area contributed by atoms with Crippen LogP contribution in [0.3, 0.4) is 0 Å². The summed E-state index contributed by atoms with van der Waals surface area (Å²) in [6, 6.07) is 0. The molecule has 0 saturated carbocycles. The summed E-state index contributed by atoms with van der Waals surface area (Å²) in [5.41, 5.74) is 0. The molecule has 0 aliphatic rings. The van der Waals surface area contributed by atoms with Crippen LogP contribution < -0.4 is 0 Å². The Kier molecular flexibility index (Phi) is 58.2. The molecule has 0 rings (SSSR count). The molecule has 0 aromatic rings. The van der Waals surface area contributed by atoms with Crippen molar-refractivity contribution in [3.05, 3.63) is 60.8 Å². The Morgan fingerprint density at radius 1 is 0.292 bits per heavy atom. The Hall–Kier alpha value is -2.89. The van der Waals surface area contributed by atoms with Crippen molar-refractivity contribution < 1.29 is 28.6 Å².